The molecule has 2 saturated heterocycles. The van der Waals surface area contributed by atoms with Crippen LogP contribution < -0.4 is 10.6 Å². The Morgan fingerprint density at radius 1 is 0.772 bits per heavy atom. The summed E-state index contributed by atoms with van der Waals surface area (Å²) in [5.41, 5.74) is 3.46. The standard InChI is InChI=1S/C40H48N8O6S.2ClH/c1-23(2)33(45-39(51)53-5)37(49)47-19-7-9-30(47)28-21-41-35(43-28)26-14-11-25(12-15-26)13-16-27-17-18-32(55-27)29-22-42-36(44-29)31-10-8-20-48(31)38(50)34(24(3)4)46-40(52)54-6;;/h11-12,14-15,17-18,21-24,30-31,33-34H,7-10,19-20H2,1-6H3,(H,41,43)(H,42,44)(H,45,51)(H,46,52);2*1H/t30-,31-,33+,34+;;/m0../s1. The molecule has 14 nitrogen and oxygen atoms in total. The molecule has 2 fully saturated rings. The van der Waals surface area contributed by atoms with Crippen LogP contribution in [-0.4, -0.2) is 93.1 Å². The summed E-state index contributed by atoms with van der Waals surface area (Å²) in [7, 11) is 2.57. The number of rotatable bonds is 10. The van der Waals surface area contributed by atoms with Crippen LogP contribution in [0.4, 0.5) is 9.59 Å². The van der Waals surface area contributed by atoms with E-state index < -0.39 is 24.3 Å². The fourth-order valence-corrected chi connectivity index (χ4v) is 7.93. The Bertz CT molecular complexity index is 2070. The summed E-state index contributed by atoms with van der Waals surface area (Å²) in [5, 5.41) is 5.38. The molecule has 306 valence electrons. The molecule has 6 rings (SSSR count). The van der Waals surface area contributed by atoms with E-state index in [9.17, 15) is 19.2 Å². The third kappa shape index (κ3) is 10.3. The molecule has 0 bridgehead atoms. The highest BCUT2D eigenvalue weighted by molar-refractivity contribution is 7.16. The number of likely N-dealkylation sites (tertiary alicyclic amines) is 2. The van der Waals surface area contributed by atoms with E-state index in [-0.39, 0.29) is 60.5 Å². The zero-order valence-electron chi connectivity index (χ0n) is 32.8. The number of carbonyl (C=O) groups is 4. The van der Waals surface area contributed by atoms with Gasteiger partial charge in [0.25, 0.3) is 0 Å². The number of alkyl carbamates (subject to hydrolysis) is 2. The second-order valence-corrected chi connectivity index (χ2v) is 15.5. The highest BCUT2D eigenvalue weighted by Crippen LogP contribution is 2.35. The number of hydrogen-bond acceptors (Lipinski definition) is 9. The molecule has 4 N–H and O–H groups in total. The largest absolute Gasteiger partial charge is 0.453 e. The third-order valence-electron chi connectivity index (χ3n) is 10.1. The van der Waals surface area contributed by atoms with Gasteiger partial charge in [-0.2, -0.15) is 0 Å². The van der Waals surface area contributed by atoms with Gasteiger partial charge in [0, 0.05) is 24.2 Å². The number of amides is 4. The number of nitrogens with zero attached hydrogens (tertiary/aromatic N) is 4. The Balaban J connectivity index is 0.00000360. The average molecular weight is 842 g/mol. The molecule has 4 aromatic rings. The summed E-state index contributed by atoms with van der Waals surface area (Å²) < 4.78 is 9.49. The van der Waals surface area contributed by atoms with Gasteiger partial charge in [-0.25, -0.2) is 19.6 Å². The Labute approximate surface area is 349 Å². The van der Waals surface area contributed by atoms with Crippen molar-refractivity contribution in [2.45, 2.75) is 77.5 Å². The van der Waals surface area contributed by atoms with Gasteiger partial charge in [-0.1, -0.05) is 51.7 Å². The lowest BCUT2D eigenvalue weighted by molar-refractivity contribution is -0.136. The number of aromatic nitrogens is 4. The predicted octanol–water partition coefficient (Wildman–Crippen LogP) is 6.86. The fourth-order valence-electron chi connectivity index (χ4n) is 7.10. The Morgan fingerprint density at radius 3 is 1.93 bits per heavy atom. The maximum atomic E-state index is 13.5. The second-order valence-electron chi connectivity index (χ2n) is 14.5. The van der Waals surface area contributed by atoms with Crippen molar-refractivity contribution in [3.05, 3.63) is 70.8 Å². The monoisotopic (exact) mass is 840 g/mol. The van der Waals surface area contributed by atoms with Gasteiger partial charge in [0.1, 0.15) is 23.7 Å². The summed E-state index contributed by atoms with van der Waals surface area (Å²) in [6, 6.07) is 10.1. The molecule has 5 heterocycles. The number of methoxy groups -OCH3 is 2. The maximum absolute atomic E-state index is 13.5. The first kappa shape index (κ1) is 44.7. The predicted molar refractivity (Wildman–Crippen MR) is 222 cm³/mol. The molecule has 17 heteroatoms. The smallest absolute Gasteiger partial charge is 0.407 e. The van der Waals surface area contributed by atoms with Crippen molar-refractivity contribution in [3.63, 3.8) is 0 Å². The zero-order valence-corrected chi connectivity index (χ0v) is 35.2. The molecule has 2 aliphatic rings. The number of thiophene rings is 1. The van der Waals surface area contributed by atoms with Crippen molar-refractivity contribution in [2.75, 3.05) is 27.3 Å². The minimum Gasteiger partial charge on any atom is -0.453 e. The molecule has 4 amide bonds. The normalized spacial score (nSPS) is 17.2. The lowest BCUT2D eigenvalue weighted by Crippen LogP contribution is -2.51. The zero-order chi connectivity index (χ0) is 39.2. The highest BCUT2D eigenvalue weighted by Gasteiger charge is 2.38. The van der Waals surface area contributed by atoms with Gasteiger partial charge in [-0.15, -0.1) is 36.2 Å². The van der Waals surface area contributed by atoms with Gasteiger partial charge >= 0.3 is 12.2 Å². The SMILES string of the molecule is COC(=O)N[C@@H](C(=O)N1CCC[C@H]1c1cnc(-c2ccc(C#Cc3ccc(-c4cnc([C@@H]5CCCN5C(=O)[C@H](NC(=O)OC)C(C)C)[nH]4)s3)cc2)[nH]1)C(C)C.Cl.Cl. The summed E-state index contributed by atoms with van der Waals surface area (Å²) in [4.78, 5) is 72.5. The number of aromatic amines is 2. The lowest BCUT2D eigenvalue weighted by atomic mass is 10.0. The molecule has 3 aromatic heterocycles. The van der Waals surface area contributed by atoms with Gasteiger partial charge < -0.3 is 39.9 Å². The Kier molecular flexibility index (Phi) is 15.6. The van der Waals surface area contributed by atoms with Gasteiger partial charge in [0.05, 0.1) is 59.8 Å². The van der Waals surface area contributed by atoms with Crippen LogP contribution in [0.15, 0.2) is 48.8 Å². The van der Waals surface area contributed by atoms with E-state index in [1.54, 1.807) is 28.6 Å². The van der Waals surface area contributed by atoms with Crippen LogP contribution in [0.3, 0.4) is 0 Å². The number of imidazole rings is 2. The Morgan fingerprint density at radius 2 is 1.35 bits per heavy atom. The first-order valence-corrected chi connectivity index (χ1v) is 19.4. The number of benzene rings is 1. The molecule has 2 aliphatic heterocycles. The van der Waals surface area contributed by atoms with Crippen molar-refractivity contribution in [1.29, 1.82) is 0 Å². The molecular weight excluding hydrogens is 791 g/mol. The topological polar surface area (TPSA) is 175 Å². The van der Waals surface area contributed by atoms with Crippen molar-refractivity contribution >= 4 is 60.2 Å². The molecule has 0 spiro atoms. The quantitative estimate of drug-likeness (QED) is 0.125. The molecule has 57 heavy (non-hydrogen) atoms. The van der Waals surface area contributed by atoms with Crippen LogP contribution >= 0.6 is 36.2 Å². The maximum Gasteiger partial charge on any atom is 0.407 e. The van der Waals surface area contributed by atoms with Gasteiger partial charge in [0.2, 0.25) is 11.8 Å². The van der Waals surface area contributed by atoms with Crippen molar-refractivity contribution < 1.29 is 28.7 Å². The van der Waals surface area contributed by atoms with E-state index in [0.717, 1.165) is 58.0 Å². The first-order chi connectivity index (χ1) is 26.5. The van der Waals surface area contributed by atoms with Crippen LogP contribution in [0.2, 0.25) is 0 Å². The number of hydrogen-bond donors (Lipinski definition) is 4. The van der Waals surface area contributed by atoms with E-state index in [4.69, 9.17) is 9.47 Å². The summed E-state index contributed by atoms with van der Waals surface area (Å²) in [5.74, 6) is 7.45. The number of halogens is 2. The molecular formula is C40H50Cl2N8O6S. The van der Waals surface area contributed by atoms with Gasteiger partial charge in [0.15, 0.2) is 0 Å². The highest BCUT2D eigenvalue weighted by atomic mass is 35.5. The van der Waals surface area contributed by atoms with E-state index >= 15 is 0 Å². The molecule has 1 aromatic carbocycles. The summed E-state index contributed by atoms with van der Waals surface area (Å²) in [6.45, 7) is 8.78. The average Bonchev–Trinajstić information content (AvgIpc) is 4.03. The fraction of sp³-hybridized carbons (Fsp3) is 0.450. The first-order valence-electron chi connectivity index (χ1n) is 18.6. The van der Waals surface area contributed by atoms with Crippen molar-refractivity contribution in [2.24, 2.45) is 11.8 Å². The van der Waals surface area contributed by atoms with E-state index in [1.807, 2.05) is 69.0 Å². The van der Waals surface area contributed by atoms with Gasteiger partial charge in [-0.05, 0) is 61.8 Å². The number of H-pyrrole nitrogens is 2. The van der Waals surface area contributed by atoms with E-state index in [2.05, 4.69) is 42.4 Å². The van der Waals surface area contributed by atoms with Crippen LogP contribution in [0, 0.1) is 23.7 Å². The Hall–Kier alpha value is -5.04. The lowest BCUT2D eigenvalue weighted by Gasteiger charge is -2.30. The molecule has 0 saturated carbocycles. The summed E-state index contributed by atoms with van der Waals surface area (Å²) >= 11 is 1.55. The van der Waals surface area contributed by atoms with Crippen molar-refractivity contribution in [3.8, 4) is 33.8 Å². The summed E-state index contributed by atoms with van der Waals surface area (Å²) in [6.07, 6.45) is 5.60. The third-order valence-corrected chi connectivity index (χ3v) is 11.1. The molecule has 0 aliphatic carbocycles. The van der Waals surface area contributed by atoms with Crippen molar-refractivity contribution in [1.82, 2.24) is 40.4 Å². The number of carbonyl (C=O) groups excluding carboxylic acids is 4. The molecule has 0 radical (unpaired) electrons. The molecule has 4 atom stereocenters. The van der Waals surface area contributed by atoms with E-state index in [0.29, 0.717) is 24.7 Å². The molecule has 0 unspecified atom stereocenters. The van der Waals surface area contributed by atoms with Crippen LogP contribution in [0.5, 0.6) is 0 Å². The number of ether oxygens (including phenoxy) is 2. The minimum absolute atomic E-state index is 0. The van der Waals surface area contributed by atoms with E-state index in [1.165, 1.54) is 14.2 Å². The van der Waals surface area contributed by atoms with Crippen LogP contribution in [-0.2, 0) is 19.1 Å². The second kappa shape index (κ2) is 19.9. The minimum atomic E-state index is -0.690. The van der Waals surface area contributed by atoms with Gasteiger partial charge in [-0.3, -0.25) is 9.59 Å². The number of nitrogens with one attached hydrogen (secondary N) is 4. The van der Waals surface area contributed by atoms with Crippen LogP contribution in [0.25, 0.3) is 22.0 Å². The van der Waals surface area contributed by atoms with Crippen LogP contribution in [0.1, 0.15) is 87.4 Å².